The van der Waals surface area contributed by atoms with Gasteiger partial charge in [0.25, 0.3) is 5.91 Å². The summed E-state index contributed by atoms with van der Waals surface area (Å²) in [6.07, 6.45) is 0. The Kier molecular flexibility index (Phi) is 4.72. The first-order chi connectivity index (χ1) is 14.5. The number of aromatic amines is 1. The van der Waals surface area contributed by atoms with Crippen LogP contribution < -0.4 is 4.90 Å². The lowest BCUT2D eigenvalue weighted by molar-refractivity contribution is 0.0989. The second-order valence-electron chi connectivity index (χ2n) is 7.33. The number of aryl methyl sites for hydroxylation is 1. The monoisotopic (exact) mass is 477 g/mol. The summed E-state index contributed by atoms with van der Waals surface area (Å²) in [4.78, 5) is 15.3. The highest BCUT2D eigenvalue weighted by atomic mass is 79.9. The number of halogens is 2. The molecule has 2 heterocycles. The summed E-state index contributed by atoms with van der Waals surface area (Å²) in [6, 6.07) is 23.3. The molecule has 0 bridgehead atoms. The minimum Gasteiger partial charge on any atom is -0.295 e. The quantitative estimate of drug-likeness (QED) is 0.363. The fourth-order valence-corrected chi connectivity index (χ4v) is 4.30. The molecule has 1 aliphatic heterocycles. The molecule has 0 aliphatic carbocycles. The maximum atomic E-state index is 13.4. The molecule has 0 saturated carbocycles. The van der Waals surface area contributed by atoms with E-state index in [2.05, 4.69) is 57.3 Å². The van der Waals surface area contributed by atoms with Crippen molar-refractivity contribution in [3.05, 3.63) is 105 Å². The van der Waals surface area contributed by atoms with Crippen molar-refractivity contribution in [2.24, 2.45) is 0 Å². The number of amides is 1. The number of rotatable bonds is 3. The fourth-order valence-electron chi connectivity index (χ4n) is 3.91. The van der Waals surface area contributed by atoms with Crippen LogP contribution in [0.25, 0.3) is 11.3 Å². The first kappa shape index (κ1) is 19.1. The Morgan fingerprint density at radius 3 is 2.30 bits per heavy atom. The van der Waals surface area contributed by atoms with Gasteiger partial charge in [0.1, 0.15) is 5.69 Å². The van der Waals surface area contributed by atoms with Gasteiger partial charge in [-0.2, -0.15) is 5.10 Å². The molecule has 1 atom stereocenters. The predicted molar refractivity (Wildman–Crippen MR) is 123 cm³/mol. The number of carbonyl (C=O) groups excluding carboxylic acids is 1. The van der Waals surface area contributed by atoms with Gasteiger partial charge in [-0.25, -0.2) is 0 Å². The summed E-state index contributed by atoms with van der Waals surface area (Å²) in [6.45, 7) is 2.05. The molecule has 3 aromatic carbocycles. The lowest BCUT2D eigenvalue weighted by Crippen LogP contribution is -2.29. The summed E-state index contributed by atoms with van der Waals surface area (Å²) in [5.74, 6) is -0.103. The average molecular weight is 479 g/mol. The molecule has 4 aromatic rings. The zero-order valence-electron chi connectivity index (χ0n) is 16.1. The van der Waals surface area contributed by atoms with Gasteiger partial charge in [-0.1, -0.05) is 69.5 Å². The van der Waals surface area contributed by atoms with E-state index in [0.717, 1.165) is 32.5 Å². The van der Waals surface area contributed by atoms with Crippen LogP contribution in [0.3, 0.4) is 0 Å². The standard InChI is InChI=1S/C24H17BrClN3O/c1-14-2-4-16(5-3-14)23-20-21(15-6-8-17(25)9-7-15)27-28-22(20)24(30)29(23)19-12-10-18(26)11-13-19/h2-13,23H,1H3,(H,27,28). The second kappa shape index (κ2) is 7.42. The average Bonchev–Trinajstić information content (AvgIpc) is 3.29. The van der Waals surface area contributed by atoms with Gasteiger partial charge in [0.2, 0.25) is 0 Å². The van der Waals surface area contributed by atoms with Gasteiger partial charge in [0.15, 0.2) is 0 Å². The van der Waals surface area contributed by atoms with E-state index in [0.29, 0.717) is 10.7 Å². The number of benzene rings is 3. The lowest BCUT2D eigenvalue weighted by atomic mass is 9.95. The molecule has 6 heteroatoms. The van der Waals surface area contributed by atoms with E-state index in [-0.39, 0.29) is 11.9 Å². The maximum Gasteiger partial charge on any atom is 0.277 e. The Hall–Kier alpha value is -2.89. The molecule has 1 aliphatic rings. The second-order valence-corrected chi connectivity index (χ2v) is 8.68. The Morgan fingerprint density at radius 2 is 1.63 bits per heavy atom. The molecule has 1 aromatic heterocycles. The molecule has 0 fully saturated rings. The highest BCUT2D eigenvalue weighted by Gasteiger charge is 2.43. The number of hydrogen-bond acceptors (Lipinski definition) is 2. The number of nitrogens with zero attached hydrogens (tertiary/aromatic N) is 2. The van der Waals surface area contributed by atoms with Gasteiger partial charge in [-0.05, 0) is 48.9 Å². The molecular formula is C24H17BrClN3O. The number of hydrogen-bond donors (Lipinski definition) is 1. The largest absolute Gasteiger partial charge is 0.295 e. The molecule has 0 saturated heterocycles. The van der Waals surface area contributed by atoms with E-state index >= 15 is 0 Å². The van der Waals surface area contributed by atoms with E-state index in [1.54, 1.807) is 12.1 Å². The van der Waals surface area contributed by atoms with Crippen LogP contribution >= 0.6 is 27.5 Å². The lowest BCUT2D eigenvalue weighted by Gasteiger charge is -2.26. The first-order valence-electron chi connectivity index (χ1n) is 9.53. The van der Waals surface area contributed by atoms with Crippen molar-refractivity contribution in [1.82, 2.24) is 10.2 Å². The molecule has 5 rings (SSSR count). The predicted octanol–water partition coefficient (Wildman–Crippen LogP) is 6.55. The van der Waals surface area contributed by atoms with Crippen LogP contribution in [0.1, 0.15) is 33.2 Å². The van der Waals surface area contributed by atoms with Gasteiger partial charge in [0.05, 0.1) is 11.7 Å². The van der Waals surface area contributed by atoms with Crippen LogP contribution in [-0.4, -0.2) is 16.1 Å². The minimum atomic E-state index is -0.285. The van der Waals surface area contributed by atoms with Gasteiger partial charge in [-0.3, -0.25) is 14.8 Å². The highest BCUT2D eigenvalue weighted by Crippen LogP contribution is 2.45. The minimum absolute atomic E-state index is 0.103. The van der Waals surface area contributed by atoms with Crippen LogP contribution in [0.4, 0.5) is 5.69 Å². The summed E-state index contributed by atoms with van der Waals surface area (Å²) in [7, 11) is 0. The van der Waals surface area contributed by atoms with Crippen LogP contribution in [0.5, 0.6) is 0 Å². The number of aromatic nitrogens is 2. The third-order valence-electron chi connectivity index (χ3n) is 5.38. The van der Waals surface area contributed by atoms with Gasteiger partial charge >= 0.3 is 0 Å². The van der Waals surface area contributed by atoms with E-state index in [4.69, 9.17) is 11.6 Å². The fraction of sp³-hybridized carbons (Fsp3) is 0.0833. The van der Waals surface area contributed by atoms with E-state index in [9.17, 15) is 4.79 Å². The van der Waals surface area contributed by atoms with Crippen molar-refractivity contribution in [3.63, 3.8) is 0 Å². The molecule has 1 amide bonds. The van der Waals surface area contributed by atoms with E-state index < -0.39 is 0 Å². The molecule has 30 heavy (non-hydrogen) atoms. The van der Waals surface area contributed by atoms with Crippen LogP contribution in [0.2, 0.25) is 5.02 Å². The Morgan fingerprint density at radius 1 is 0.967 bits per heavy atom. The molecule has 1 unspecified atom stereocenters. The topological polar surface area (TPSA) is 49.0 Å². The number of H-pyrrole nitrogens is 1. The van der Waals surface area contributed by atoms with Crippen molar-refractivity contribution in [2.45, 2.75) is 13.0 Å². The smallest absolute Gasteiger partial charge is 0.277 e. The molecule has 1 N–H and O–H groups in total. The Labute approximate surface area is 187 Å². The molecule has 4 nitrogen and oxygen atoms in total. The Balaban J connectivity index is 1.71. The van der Waals surface area contributed by atoms with Gasteiger partial charge < -0.3 is 0 Å². The highest BCUT2D eigenvalue weighted by molar-refractivity contribution is 9.10. The number of nitrogens with one attached hydrogen (secondary N) is 1. The van der Waals surface area contributed by atoms with Crippen molar-refractivity contribution < 1.29 is 4.79 Å². The van der Waals surface area contributed by atoms with Crippen LogP contribution in [0.15, 0.2) is 77.3 Å². The first-order valence-corrected chi connectivity index (χ1v) is 10.7. The third-order valence-corrected chi connectivity index (χ3v) is 6.16. The zero-order chi connectivity index (χ0) is 20.8. The number of anilines is 1. The number of fused-ring (bicyclic) bond motifs is 1. The van der Waals surface area contributed by atoms with Crippen LogP contribution in [0, 0.1) is 6.92 Å². The van der Waals surface area contributed by atoms with E-state index in [1.807, 2.05) is 41.3 Å². The molecule has 0 spiro atoms. The molecule has 148 valence electrons. The SMILES string of the molecule is Cc1ccc(C2c3c(-c4ccc(Br)cc4)n[nH]c3C(=O)N2c2ccc(Cl)cc2)cc1. The molecular weight excluding hydrogens is 462 g/mol. The maximum absolute atomic E-state index is 13.4. The summed E-state index contributed by atoms with van der Waals surface area (Å²) in [5.41, 5.74) is 6.14. The van der Waals surface area contributed by atoms with Crippen molar-refractivity contribution in [2.75, 3.05) is 4.90 Å². The van der Waals surface area contributed by atoms with Crippen molar-refractivity contribution in [1.29, 1.82) is 0 Å². The summed E-state index contributed by atoms with van der Waals surface area (Å²) in [5, 5.41) is 8.14. The number of carbonyl (C=O) groups is 1. The zero-order valence-corrected chi connectivity index (χ0v) is 18.4. The molecule has 0 radical (unpaired) electrons. The Bertz CT molecular complexity index is 1230. The summed E-state index contributed by atoms with van der Waals surface area (Å²) < 4.78 is 0.993. The van der Waals surface area contributed by atoms with Crippen molar-refractivity contribution >= 4 is 39.1 Å². The third kappa shape index (κ3) is 3.15. The van der Waals surface area contributed by atoms with Gasteiger partial charge in [-0.15, -0.1) is 0 Å². The van der Waals surface area contributed by atoms with Gasteiger partial charge in [0, 0.05) is 26.3 Å². The normalized spacial score (nSPS) is 15.5. The van der Waals surface area contributed by atoms with E-state index in [1.165, 1.54) is 5.56 Å². The van der Waals surface area contributed by atoms with Crippen molar-refractivity contribution in [3.8, 4) is 11.3 Å². The summed E-state index contributed by atoms with van der Waals surface area (Å²) >= 11 is 9.57. The van der Waals surface area contributed by atoms with Crippen LogP contribution in [-0.2, 0) is 0 Å².